The highest BCUT2D eigenvalue weighted by atomic mass is 16.6. The predicted octanol–water partition coefficient (Wildman–Crippen LogP) is 2.76. The molecule has 0 aromatic heterocycles. The average molecular weight is 797 g/mol. The minimum atomic E-state index is -1.89. The Bertz CT molecular complexity index is 1900. The van der Waals surface area contributed by atoms with Crippen molar-refractivity contribution in [2.24, 2.45) is 69.5 Å². The zero-order valence-electron chi connectivity index (χ0n) is 33.5. The summed E-state index contributed by atoms with van der Waals surface area (Å²) in [4.78, 5) is 95.9. The number of epoxide rings is 1. The van der Waals surface area contributed by atoms with Gasteiger partial charge in [-0.2, -0.15) is 0 Å². The number of rotatable bonds is 7. The number of carbonyl (C=O) groups is 7. The highest BCUT2D eigenvalue weighted by Gasteiger charge is 2.84. The molecule has 9 rings (SSSR count). The molecule has 15 nitrogen and oxygen atoms in total. The molecule has 57 heavy (non-hydrogen) atoms. The van der Waals surface area contributed by atoms with Crippen molar-refractivity contribution in [3.63, 3.8) is 0 Å². The van der Waals surface area contributed by atoms with E-state index < -0.39 is 154 Å². The summed E-state index contributed by atoms with van der Waals surface area (Å²) < 4.78 is 43.1. The van der Waals surface area contributed by atoms with Crippen molar-refractivity contribution in [3.8, 4) is 0 Å². The summed E-state index contributed by atoms with van der Waals surface area (Å²) >= 11 is 0. The number of fused-ring (bicyclic) bond motifs is 10. The Balaban J connectivity index is 1.28. The van der Waals surface area contributed by atoms with Crippen LogP contribution in [0.1, 0.15) is 87.5 Å². The van der Waals surface area contributed by atoms with Gasteiger partial charge in [0, 0.05) is 61.2 Å². The molecule has 310 valence electrons. The van der Waals surface area contributed by atoms with E-state index in [-0.39, 0.29) is 18.1 Å². The number of Topliss-reactive ketones (excluding diaryl/α,β-unsaturated/α-hetero) is 1. The third kappa shape index (κ3) is 5.11. The smallest absolute Gasteiger partial charge is 0.356 e. The molecule has 8 fully saturated rings. The van der Waals surface area contributed by atoms with Crippen LogP contribution in [0.4, 0.5) is 0 Å². The SMILES string of the molecule is CC(=O)O[C@H]1[C@H]2[C@H]([C@@H]3[C@@H](O)[C@@H]4[C@H]([C@H](C)C=C5OC(=O)[C@@](C)(OC(=O)C6CC6)[C@@]54C)[C@@]3(C)[C@H]1OC(C)=O)[C@@H](OC(=O)C1CC1)C(=O)[C@H]1C[C@@H]3O[C@@H]3[C@H](OC(C)=O)[C@]21C. The number of aliphatic hydroxyl groups is 1. The van der Waals surface area contributed by atoms with E-state index in [4.69, 9.17) is 33.2 Å². The fourth-order valence-corrected chi connectivity index (χ4v) is 13.3. The van der Waals surface area contributed by atoms with Crippen LogP contribution in [0.15, 0.2) is 11.8 Å². The molecule has 0 bridgehead atoms. The molecule has 7 aliphatic carbocycles. The lowest BCUT2D eigenvalue weighted by Crippen LogP contribution is -2.75. The van der Waals surface area contributed by atoms with E-state index in [1.807, 2.05) is 13.8 Å². The summed E-state index contributed by atoms with van der Waals surface area (Å²) in [5.41, 5.74) is -6.06. The number of ether oxygens (including phenoxy) is 7. The van der Waals surface area contributed by atoms with Crippen LogP contribution >= 0.6 is 0 Å². The summed E-state index contributed by atoms with van der Waals surface area (Å²) in [7, 11) is 0. The van der Waals surface area contributed by atoms with Gasteiger partial charge in [-0.05, 0) is 63.9 Å². The van der Waals surface area contributed by atoms with Gasteiger partial charge in [-0.3, -0.25) is 28.8 Å². The molecular formula is C42H52O15. The lowest BCUT2D eigenvalue weighted by molar-refractivity contribution is -0.274. The molecular weight excluding hydrogens is 744 g/mol. The van der Waals surface area contributed by atoms with Crippen molar-refractivity contribution >= 4 is 41.6 Å². The lowest BCUT2D eigenvalue weighted by Gasteiger charge is -2.65. The van der Waals surface area contributed by atoms with Gasteiger partial charge in [-0.1, -0.05) is 20.8 Å². The minimum Gasteiger partial charge on any atom is -0.459 e. The molecule has 15 heteroatoms. The van der Waals surface area contributed by atoms with E-state index in [1.54, 1.807) is 19.9 Å². The second-order valence-corrected chi connectivity index (χ2v) is 19.2. The Morgan fingerprint density at radius 1 is 0.754 bits per heavy atom. The quantitative estimate of drug-likeness (QED) is 0.223. The molecule has 0 aromatic carbocycles. The van der Waals surface area contributed by atoms with Crippen LogP contribution in [0.25, 0.3) is 0 Å². The third-order valence-corrected chi connectivity index (χ3v) is 16.1. The number of esters is 6. The molecule has 18 atom stereocenters. The van der Waals surface area contributed by atoms with Crippen LogP contribution in [-0.4, -0.2) is 95.0 Å². The van der Waals surface area contributed by atoms with Gasteiger partial charge in [-0.15, -0.1) is 0 Å². The topological polar surface area (TPSA) is 208 Å². The van der Waals surface area contributed by atoms with Gasteiger partial charge in [0.15, 0.2) is 11.9 Å². The first-order chi connectivity index (χ1) is 26.7. The number of carbonyl (C=O) groups excluding carboxylic acids is 7. The maximum absolute atomic E-state index is 15.3. The molecule has 2 saturated heterocycles. The van der Waals surface area contributed by atoms with Crippen LogP contribution < -0.4 is 0 Å². The van der Waals surface area contributed by atoms with Crippen molar-refractivity contribution in [3.05, 3.63) is 11.8 Å². The number of allylic oxidation sites excluding steroid dienone is 1. The van der Waals surface area contributed by atoms with Gasteiger partial charge in [0.1, 0.15) is 30.2 Å². The van der Waals surface area contributed by atoms with Crippen molar-refractivity contribution in [1.82, 2.24) is 0 Å². The Hall–Kier alpha value is -3.85. The van der Waals surface area contributed by atoms with Gasteiger partial charge in [-0.25, -0.2) is 4.79 Å². The Morgan fingerprint density at radius 3 is 1.95 bits per heavy atom. The van der Waals surface area contributed by atoms with Crippen LogP contribution in [0, 0.1) is 69.5 Å². The molecule has 2 heterocycles. The highest BCUT2D eigenvalue weighted by Crippen LogP contribution is 2.76. The fourth-order valence-electron chi connectivity index (χ4n) is 13.3. The van der Waals surface area contributed by atoms with Crippen molar-refractivity contribution in [2.45, 2.75) is 136 Å². The van der Waals surface area contributed by atoms with Crippen molar-refractivity contribution in [1.29, 1.82) is 0 Å². The summed E-state index contributed by atoms with van der Waals surface area (Å²) in [6, 6.07) is 0. The maximum atomic E-state index is 15.3. The number of ketones is 1. The van der Waals surface area contributed by atoms with Gasteiger partial charge in [0.05, 0.1) is 29.5 Å². The van der Waals surface area contributed by atoms with Gasteiger partial charge >= 0.3 is 35.8 Å². The molecule has 0 aromatic rings. The second-order valence-electron chi connectivity index (χ2n) is 19.2. The third-order valence-electron chi connectivity index (χ3n) is 16.1. The molecule has 0 amide bonds. The zero-order valence-corrected chi connectivity index (χ0v) is 33.5. The van der Waals surface area contributed by atoms with Gasteiger partial charge in [0.2, 0.25) is 5.60 Å². The summed E-state index contributed by atoms with van der Waals surface area (Å²) in [5, 5.41) is 13.3. The molecule has 6 saturated carbocycles. The number of hydrogen-bond acceptors (Lipinski definition) is 15. The highest BCUT2D eigenvalue weighted by molar-refractivity contribution is 5.91. The number of hydrogen-bond donors (Lipinski definition) is 1. The average Bonchev–Trinajstić information content (AvgIpc) is 3.98. The van der Waals surface area contributed by atoms with Crippen LogP contribution in [-0.2, 0) is 66.7 Å². The lowest BCUT2D eigenvalue weighted by atomic mass is 9.41. The van der Waals surface area contributed by atoms with Gasteiger partial charge < -0.3 is 38.3 Å². The van der Waals surface area contributed by atoms with Crippen LogP contribution in [0.3, 0.4) is 0 Å². The van der Waals surface area contributed by atoms with E-state index in [0.29, 0.717) is 25.7 Å². The molecule has 0 radical (unpaired) electrons. The Labute approximate surface area is 330 Å². The Morgan fingerprint density at radius 2 is 1.35 bits per heavy atom. The standard InChI is InChI=1S/C42H52O15/c1-15-13-23-41(7,42(8,38(50)55-23)57-37(49)20-11-12-20)28-25(15)40(6)26(30(28)47)24-27(33(51-16(2)43)35(40)53-18(4)45)39(5)21(14-22-31(54-22)34(39)52-17(3)44)29(46)32(24)56-36(48)19-9-10-19/h13,15,19-22,24-28,30-35,47H,9-12,14H2,1-8H3/t15-,21-,22+,24+,25+,26-,27-,28+,30-,31+,32-,33+,34+,35+,39+,40-,41+,42-/m1/s1. The second kappa shape index (κ2) is 12.3. The molecule has 9 aliphatic rings. The van der Waals surface area contributed by atoms with Gasteiger partial charge in [0.25, 0.3) is 0 Å². The Kier molecular flexibility index (Phi) is 8.37. The first-order valence-corrected chi connectivity index (χ1v) is 20.5. The normalized spacial score (nSPS) is 49.9. The van der Waals surface area contributed by atoms with E-state index >= 15 is 4.79 Å². The largest absolute Gasteiger partial charge is 0.459 e. The maximum Gasteiger partial charge on any atom is 0.356 e. The van der Waals surface area contributed by atoms with E-state index in [9.17, 15) is 33.9 Å². The van der Waals surface area contributed by atoms with Crippen LogP contribution in [0.2, 0.25) is 0 Å². The van der Waals surface area contributed by atoms with E-state index in [0.717, 1.165) is 0 Å². The monoisotopic (exact) mass is 796 g/mol. The van der Waals surface area contributed by atoms with Crippen molar-refractivity contribution < 1.29 is 71.8 Å². The molecule has 0 unspecified atom stereocenters. The van der Waals surface area contributed by atoms with E-state index in [2.05, 4.69) is 0 Å². The molecule has 0 spiro atoms. The fraction of sp³-hybridized carbons (Fsp3) is 0.786. The predicted molar refractivity (Wildman–Crippen MR) is 189 cm³/mol. The summed E-state index contributed by atoms with van der Waals surface area (Å²) in [6.45, 7) is 12.5. The summed E-state index contributed by atoms with van der Waals surface area (Å²) in [5.74, 6) is -11.0. The zero-order chi connectivity index (χ0) is 41.0. The molecule has 1 N–H and O–H groups in total. The minimum absolute atomic E-state index is 0.214. The summed E-state index contributed by atoms with van der Waals surface area (Å²) in [6.07, 6.45) is -3.04. The number of aliphatic hydroxyl groups excluding tert-OH is 1. The first-order valence-electron chi connectivity index (χ1n) is 20.5. The van der Waals surface area contributed by atoms with Crippen LogP contribution in [0.5, 0.6) is 0 Å². The molecule has 2 aliphatic heterocycles. The van der Waals surface area contributed by atoms with Crippen molar-refractivity contribution in [2.75, 3.05) is 0 Å². The first kappa shape index (κ1) is 38.7. The van der Waals surface area contributed by atoms with E-state index in [1.165, 1.54) is 27.7 Å².